The van der Waals surface area contributed by atoms with Gasteiger partial charge in [0, 0.05) is 10.2 Å². The van der Waals surface area contributed by atoms with E-state index in [2.05, 4.69) is 19.5 Å². The Hall–Kier alpha value is 0.247. The molecule has 0 radical (unpaired) electrons. The minimum absolute atomic E-state index is 0. The van der Waals surface area contributed by atoms with E-state index in [0.717, 1.165) is 0 Å². The van der Waals surface area contributed by atoms with Crippen molar-refractivity contribution >= 4 is 22.6 Å². The fourth-order valence-electron chi connectivity index (χ4n) is 0. The average Bonchev–Trinajstić information content (AvgIpc) is 1.38. The molecule has 0 saturated heterocycles. The maximum atomic E-state index is 2.22. The van der Waals surface area contributed by atoms with E-state index in [1.54, 1.807) is 0 Å². The highest BCUT2D eigenvalue weighted by atomic mass is 35.5. The fraction of sp³-hybridized carbons (Fsp3) is 0.500. The molecule has 0 saturated carbocycles. The summed E-state index contributed by atoms with van der Waals surface area (Å²) in [5.41, 5.74) is 3.66. The van der Waals surface area contributed by atoms with Crippen LogP contribution in [0.5, 0.6) is 0 Å². The summed E-state index contributed by atoms with van der Waals surface area (Å²) in [6.45, 7) is 4.24. The molecule has 0 spiro atoms. The van der Waals surface area contributed by atoms with Crippen molar-refractivity contribution in [3.63, 3.8) is 0 Å². The van der Waals surface area contributed by atoms with E-state index in [4.69, 9.17) is 0 Å². The van der Waals surface area contributed by atoms with Crippen molar-refractivity contribution < 1.29 is 0 Å². The first-order valence-electron chi connectivity index (χ1n) is 1.87. The molecule has 0 atom stereocenters. The van der Waals surface area contributed by atoms with Crippen LogP contribution in [0.1, 0.15) is 13.8 Å². The van der Waals surface area contributed by atoms with Crippen LogP contribution >= 0.6 is 12.4 Å². The number of hydrogen-bond donors (Lipinski definition) is 0. The molecule has 38 valence electrons. The van der Waals surface area contributed by atoms with E-state index < -0.39 is 0 Å². The van der Waals surface area contributed by atoms with Crippen LogP contribution in [0.15, 0.2) is 11.3 Å². The largest absolute Gasteiger partial charge is 0.147 e. The molecule has 0 aromatic rings. The third-order valence-electron chi connectivity index (χ3n) is 0.577. The first-order valence-corrected chi connectivity index (χ1v) is 3.02. The molecular formula is C4H11ClSi. The molecule has 0 aromatic heterocycles. The third kappa shape index (κ3) is 8.87. The molecule has 0 aliphatic carbocycles. The van der Waals surface area contributed by atoms with Crippen molar-refractivity contribution in [1.29, 1.82) is 0 Å². The summed E-state index contributed by atoms with van der Waals surface area (Å²) < 4.78 is 0. The first kappa shape index (κ1) is 9.54. The SMILES string of the molecule is CC(C)=C[SiH3].Cl. The van der Waals surface area contributed by atoms with Crippen molar-refractivity contribution in [2.45, 2.75) is 13.8 Å². The van der Waals surface area contributed by atoms with Crippen LogP contribution < -0.4 is 0 Å². The summed E-state index contributed by atoms with van der Waals surface area (Å²) in [4.78, 5) is 0. The predicted octanol–water partition coefficient (Wildman–Crippen LogP) is 0.697. The van der Waals surface area contributed by atoms with Gasteiger partial charge in [-0.05, 0) is 13.8 Å². The zero-order chi connectivity index (χ0) is 4.28. The van der Waals surface area contributed by atoms with Crippen molar-refractivity contribution in [2.75, 3.05) is 0 Å². The van der Waals surface area contributed by atoms with Crippen LogP contribution in [0.4, 0.5) is 0 Å². The van der Waals surface area contributed by atoms with E-state index in [-0.39, 0.29) is 12.4 Å². The van der Waals surface area contributed by atoms with Crippen molar-refractivity contribution in [1.82, 2.24) is 0 Å². The highest BCUT2D eigenvalue weighted by Crippen LogP contribution is 1.79. The second kappa shape index (κ2) is 5.25. The number of allylic oxidation sites excluding steroid dienone is 1. The Kier molecular flexibility index (Phi) is 8.34. The Morgan fingerprint density at radius 2 is 1.67 bits per heavy atom. The molecule has 0 bridgehead atoms. The molecule has 0 heterocycles. The van der Waals surface area contributed by atoms with Crippen LogP contribution in [0.2, 0.25) is 0 Å². The maximum absolute atomic E-state index is 2.22. The Balaban J connectivity index is 0. The second-order valence-corrected chi connectivity index (χ2v) is 1.94. The van der Waals surface area contributed by atoms with Gasteiger partial charge in [-0.1, -0.05) is 5.57 Å². The Labute approximate surface area is 48.5 Å². The lowest BCUT2D eigenvalue weighted by Gasteiger charge is -1.74. The van der Waals surface area contributed by atoms with Crippen LogP contribution in [0.3, 0.4) is 0 Å². The molecule has 0 unspecified atom stereocenters. The van der Waals surface area contributed by atoms with E-state index in [1.807, 2.05) is 0 Å². The molecule has 0 fully saturated rings. The van der Waals surface area contributed by atoms with Gasteiger partial charge >= 0.3 is 0 Å². The lowest BCUT2D eigenvalue weighted by molar-refractivity contribution is 1.41. The van der Waals surface area contributed by atoms with Crippen molar-refractivity contribution in [3.8, 4) is 0 Å². The zero-order valence-electron chi connectivity index (χ0n) is 4.49. The fourth-order valence-corrected chi connectivity index (χ4v) is 0. The quantitative estimate of drug-likeness (QED) is 0.415. The van der Waals surface area contributed by atoms with Crippen molar-refractivity contribution in [2.24, 2.45) is 0 Å². The first-order chi connectivity index (χ1) is 2.27. The number of halogens is 1. The summed E-state index contributed by atoms with van der Waals surface area (Å²) in [5, 5.41) is 0. The van der Waals surface area contributed by atoms with Crippen LogP contribution in [0, 0.1) is 0 Å². The summed E-state index contributed by atoms with van der Waals surface area (Å²) in [6, 6.07) is 0. The molecule has 0 aliphatic rings. The Morgan fingerprint density at radius 3 is 1.67 bits per heavy atom. The molecular weight excluding hydrogens is 112 g/mol. The lowest BCUT2D eigenvalue weighted by atomic mass is 10.4. The van der Waals surface area contributed by atoms with Crippen molar-refractivity contribution in [3.05, 3.63) is 11.3 Å². The smallest absolute Gasteiger partial charge is 0.0290 e. The van der Waals surface area contributed by atoms with Gasteiger partial charge in [0.25, 0.3) is 0 Å². The average molecular weight is 123 g/mol. The highest BCUT2D eigenvalue weighted by molar-refractivity contribution is 6.17. The van der Waals surface area contributed by atoms with Gasteiger partial charge in [-0.2, -0.15) is 0 Å². The number of hydrogen-bond acceptors (Lipinski definition) is 0. The molecule has 0 aliphatic heterocycles. The van der Waals surface area contributed by atoms with E-state index in [9.17, 15) is 0 Å². The summed E-state index contributed by atoms with van der Waals surface area (Å²) in [5.74, 6) is 0. The molecule has 0 nitrogen and oxygen atoms in total. The van der Waals surface area contributed by atoms with Gasteiger partial charge in [-0.3, -0.25) is 0 Å². The van der Waals surface area contributed by atoms with Crippen LogP contribution in [0.25, 0.3) is 0 Å². The van der Waals surface area contributed by atoms with Gasteiger partial charge < -0.3 is 0 Å². The number of rotatable bonds is 0. The molecule has 2 heteroatoms. The lowest BCUT2D eigenvalue weighted by Crippen LogP contribution is -1.57. The van der Waals surface area contributed by atoms with Gasteiger partial charge in [0.05, 0.1) is 0 Å². The second-order valence-electron chi connectivity index (χ2n) is 1.37. The van der Waals surface area contributed by atoms with Gasteiger partial charge in [-0.15, -0.1) is 18.1 Å². The van der Waals surface area contributed by atoms with E-state index in [0.29, 0.717) is 0 Å². The van der Waals surface area contributed by atoms with Gasteiger partial charge in [-0.25, -0.2) is 0 Å². The van der Waals surface area contributed by atoms with E-state index >= 15 is 0 Å². The third-order valence-corrected chi connectivity index (χ3v) is 1.73. The van der Waals surface area contributed by atoms with Crippen LogP contribution in [-0.2, 0) is 0 Å². The summed E-state index contributed by atoms with van der Waals surface area (Å²) in [6.07, 6.45) is 0. The molecule has 0 amide bonds. The molecule has 0 rings (SSSR count). The highest BCUT2D eigenvalue weighted by Gasteiger charge is 1.60. The Morgan fingerprint density at radius 1 is 1.50 bits per heavy atom. The molecule has 0 aromatic carbocycles. The summed E-state index contributed by atoms with van der Waals surface area (Å²) in [7, 11) is 1.21. The molecule has 0 N–H and O–H groups in total. The maximum Gasteiger partial charge on any atom is 0.0290 e. The minimum Gasteiger partial charge on any atom is -0.147 e. The summed E-state index contributed by atoms with van der Waals surface area (Å²) >= 11 is 0. The zero-order valence-corrected chi connectivity index (χ0v) is 7.30. The van der Waals surface area contributed by atoms with E-state index in [1.165, 1.54) is 15.8 Å². The normalized spacial score (nSPS) is 6.33. The van der Waals surface area contributed by atoms with Gasteiger partial charge in [0.2, 0.25) is 0 Å². The monoisotopic (exact) mass is 122 g/mol. The predicted molar refractivity (Wildman–Crippen MR) is 36.6 cm³/mol. The van der Waals surface area contributed by atoms with Gasteiger partial charge in [0.1, 0.15) is 0 Å². The Bertz CT molecular complexity index is 45.5. The standard InChI is InChI=1S/C4H10Si.ClH/c1-4(2)3-5;/h3H,1-2,5H3;1H. The topological polar surface area (TPSA) is 0 Å². The van der Waals surface area contributed by atoms with Gasteiger partial charge in [0.15, 0.2) is 0 Å². The van der Waals surface area contributed by atoms with Crippen LogP contribution in [-0.4, -0.2) is 10.2 Å². The minimum atomic E-state index is 0. The molecule has 6 heavy (non-hydrogen) atoms.